The zero-order valence-corrected chi connectivity index (χ0v) is 10.3. The molecule has 0 bridgehead atoms. The Morgan fingerprint density at radius 2 is 1.89 bits per heavy atom. The lowest BCUT2D eigenvalue weighted by Crippen LogP contribution is -2.04. The number of rotatable bonds is 3. The molecule has 2 rings (SSSR count). The Balaban J connectivity index is 2.47. The summed E-state index contributed by atoms with van der Waals surface area (Å²) in [5, 5.41) is 4.29. The zero-order valence-electron chi connectivity index (χ0n) is 10.3. The highest BCUT2D eigenvalue weighted by Crippen LogP contribution is 2.27. The second-order valence-corrected chi connectivity index (χ2v) is 4.33. The first-order valence-corrected chi connectivity index (χ1v) is 5.82. The number of aromatic nitrogens is 2. The number of halogens is 2. The first-order chi connectivity index (χ1) is 8.51. The van der Waals surface area contributed by atoms with Crippen molar-refractivity contribution in [3.05, 3.63) is 36.0 Å². The van der Waals surface area contributed by atoms with E-state index in [0.29, 0.717) is 16.9 Å². The molecule has 0 fully saturated rings. The van der Waals surface area contributed by atoms with Crippen LogP contribution in [0.3, 0.4) is 0 Å². The number of nitrogens with zero attached hydrogens (tertiary/aromatic N) is 2. The highest BCUT2D eigenvalue weighted by molar-refractivity contribution is 5.71. The van der Waals surface area contributed by atoms with E-state index in [4.69, 9.17) is 5.73 Å². The number of anilines is 1. The Hall–Kier alpha value is -1.91. The normalized spacial score (nSPS) is 12.7. The smallest absolute Gasteiger partial charge is 0.126 e. The van der Waals surface area contributed by atoms with E-state index < -0.39 is 11.6 Å². The third-order valence-electron chi connectivity index (χ3n) is 2.94. The summed E-state index contributed by atoms with van der Waals surface area (Å²) in [5.74, 6) is -1.27. The third-order valence-corrected chi connectivity index (χ3v) is 2.94. The van der Waals surface area contributed by atoms with Crippen LogP contribution in [-0.2, 0) is 0 Å². The molecule has 0 aliphatic rings. The van der Waals surface area contributed by atoms with Gasteiger partial charge in [0.2, 0.25) is 0 Å². The fourth-order valence-corrected chi connectivity index (χ4v) is 1.73. The van der Waals surface area contributed by atoms with Gasteiger partial charge in [0.25, 0.3) is 0 Å². The SMILES string of the molecule is CCC(C)n1cc(N)c(-c2cc(F)cc(F)c2)n1. The largest absolute Gasteiger partial charge is 0.396 e. The minimum Gasteiger partial charge on any atom is -0.396 e. The lowest BCUT2D eigenvalue weighted by atomic mass is 10.1. The van der Waals surface area contributed by atoms with Gasteiger partial charge in [-0.05, 0) is 25.5 Å². The van der Waals surface area contributed by atoms with E-state index in [-0.39, 0.29) is 6.04 Å². The van der Waals surface area contributed by atoms with Crippen molar-refractivity contribution in [1.82, 2.24) is 9.78 Å². The van der Waals surface area contributed by atoms with Crippen LogP contribution in [0.15, 0.2) is 24.4 Å². The summed E-state index contributed by atoms with van der Waals surface area (Å²) in [6.07, 6.45) is 2.59. The molecule has 0 saturated carbocycles. The topological polar surface area (TPSA) is 43.8 Å². The van der Waals surface area contributed by atoms with Crippen LogP contribution in [0.1, 0.15) is 26.3 Å². The number of hydrogen-bond donors (Lipinski definition) is 1. The summed E-state index contributed by atoms with van der Waals surface area (Å²) in [7, 11) is 0. The van der Waals surface area contributed by atoms with E-state index in [0.717, 1.165) is 12.5 Å². The van der Waals surface area contributed by atoms with Gasteiger partial charge in [-0.2, -0.15) is 5.10 Å². The maximum Gasteiger partial charge on any atom is 0.126 e. The van der Waals surface area contributed by atoms with Gasteiger partial charge in [-0.1, -0.05) is 6.92 Å². The molecular weight excluding hydrogens is 236 g/mol. The molecule has 1 aromatic carbocycles. The van der Waals surface area contributed by atoms with E-state index in [2.05, 4.69) is 5.10 Å². The summed E-state index contributed by atoms with van der Waals surface area (Å²) >= 11 is 0. The molecule has 96 valence electrons. The lowest BCUT2D eigenvalue weighted by Gasteiger charge is -2.07. The second kappa shape index (κ2) is 4.76. The molecule has 0 amide bonds. The van der Waals surface area contributed by atoms with Crippen LogP contribution in [-0.4, -0.2) is 9.78 Å². The Morgan fingerprint density at radius 3 is 2.44 bits per heavy atom. The third kappa shape index (κ3) is 2.34. The molecule has 1 heterocycles. The zero-order chi connectivity index (χ0) is 13.3. The molecular formula is C13H15F2N3. The van der Waals surface area contributed by atoms with Gasteiger partial charge in [0.05, 0.1) is 5.69 Å². The molecule has 1 aromatic heterocycles. The van der Waals surface area contributed by atoms with E-state index in [1.54, 1.807) is 10.9 Å². The fraction of sp³-hybridized carbons (Fsp3) is 0.308. The van der Waals surface area contributed by atoms with Gasteiger partial charge < -0.3 is 5.73 Å². The maximum atomic E-state index is 13.2. The van der Waals surface area contributed by atoms with Crippen LogP contribution >= 0.6 is 0 Å². The number of nitrogens with two attached hydrogens (primary N) is 1. The average Bonchev–Trinajstić information content (AvgIpc) is 2.69. The van der Waals surface area contributed by atoms with Crippen LogP contribution < -0.4 is 5.73 Å². The molecule has 5 heteroatoms. The summed E-state index contributed by atoms with van der Waals surface area (Å²) in [5.41, 5.74) is 7.02. The summed E-state index contributed by atoms with van der Waals surface area (Å²) in [4.78, 5) is 0. The highest BCUT2D eigenvalue weighted by atomic mass is 19.1. The van der Waals surface area contributed by atoms with Crippen molar-refractivity contribution in [1.29, 1.82) is 0 Å². The van der Waals surface area contributed by atoms with Gasteiger partial charge in [-0.25, -0.2) is 8.78 Å². The summed E-state index contributed by atoms with van der Waals surface area (Å²) in [6, 6.07) is 3.47. The number of nitrogen functional groups attached to an aromatic ring is 1. The molecule has 2 N–H and O–H groups in total. The molecule has 3 nitrogen and oxygen atoms in total. The van der Waals surface area contributed by atoms with Crippen molar-refractivity contribution in [2.75, 3.05) is 5.73 Å². The van der Waals surface area contributed by atoms with Gasteiger partial charge in [0, 0.05) is 23.9 Å². The fourth-order valence-electron chi connectivity index (χ4n) is 1.73. The molecule has 0 aliphatic heterocycles. The minimum atomic E-state index is -0.637. The molecule has 18 heavy (non-hydrogen) atoms. The Morgan fingerprint density at radius 1 is 1.28 bits per heavy atom. The standard InChI is InChI=1S/C13H15F2N3/c1-3-8(2)18-7-12(16)13(17-18)9-4-10(14)6-11(15)5-9/h4-8H,3,16H2,1-2H3. The van der Waals surface area contributed by atoms with Crippen LogP contribution in [0.4, 0.5) is 14.5 Å². The molecule has 2 aromatic rings. The van der Waals surface area contributed by atoms with Crippen molar-refractivity contribution in [2.45, 2.75) is 26.3 Å². The van der Waals surface area contributed by atoms with Crippen LogP contribution in [0.25, 0.3) is 11.3 Å². The van der Waals surface area contributed by atoms with Gasteiger partial charge >= 0.3 is 0 Å². The van der Waals surface area contributed by atoms with Gasteiger partial charge in [-0.15, -0.1) is 0 Å². The first kappa shape index (κ1) is 12.5. The quantitative estimate of drug-likeness (QED) is 0.908. The maximum absolute atomic E-state index is 13.2. The monoisotopic (exact) mass is 251 g/mol. The molecule has 1 atom stereocenters. The van der Waals surface area contributed by atoms with Crippen LogP contribution in [0.2, 0.25) is 0 Å². The van der Waals surface area contributed by atoms with Crippen molar-refractivity contribution >= 4 is 5.69 Å². The molecule has 0 radical (unpaired) electrons. The highest BCUT2D eigenvalue weighted by Gasteiger charge is 2.13. The lowest BCUT2D eigenvalue weighted by molar-refractivity contribution is 0.479. The van der Waals surface area contributed by atoms with E-state index in [1.807, 2.05) is 13.8 Å². The Kier molecular flexibility index (Phi) is 3.32. The van der Waals surface area contributed by atoms with E-state index >= 15 is 0 Å². The van der Waals surface area contributed by atoms with E-state index in [9.17, 15) is 8.78 Å². The van der Waals surface area contributed by atoms with Gasteiger partial charge in [0.15, 0.2) is 0 Å². The molecule has 0 spiro atoms. The predicted molar refractivity (Wildman–Crippen MR) is 67.0 cm³/mol. The number of benzene rings is 1. The summed E-state index contributed by atoms with van der Waals surface area (Å²) < 4.78 is 28.0. The van der Waals surface area contributed by atoms with Crippen molar-refractivity contribution in [3.8, 4) is 11.3 Å². The molecule has 0 aliphatic carbocycles. The van der Waals surface area contributed by atoms with Crippen molar-refractivity contribution < 1.29 is 8.78 Å². The summed E-state index contributed by atoms with van der Waals surface area (Å²) in [6.45, 7) is 4.03. The average molecular weight is 251 g/mol. The van der Waals surface area contributed by atoms with Gasteiger partial charge in [-0.3, -0.25) is 4.68 Å². The predicted octanol–water partition coefficient (Wildman–Crippen LogP) is 3.38. The van der Waals surface area contributed by atoms with Gasteiger partial charge in [0.1, 0.15) is 17.3 Å². The number of hydrogen-bond acceptors (Lipinski definition) is 2. The Labute approximate surface area is 104 Å². The molecule has 0 saturated heterocycles. The van der Waals surface area contributed by atoms with Crippen LogP contribution in [0.5, 0.6) is 0 Å². The molecule has 1 unspecified atom stereocenters. The van der Waals surface area contributed by atoms with Crippen molar-refractivity contribution in [3.63, 3.8) is 0 Å². The Bertz CT molecular complexity index is 543. The van der Waals surface area contributed by atoms with E-state index in [1.165, 1.54) is 12.1 Å². The minimum absolute atomic E-state index is 0.194. The first-order valence-electron chi connectivity index (χ1n) is 5.82. The van der Waals surface area contributed by atoms with Crippen LogP contribution in [0, 0.1) is 11.6 Å². The van der Waals surface area contributed by atoms with Crippen molar-refractivity contribution in [2.24, 2.45) is 0 Å². The second-order valence-electron chi connectivity index (χ2n) is 4.33.